The lowest BCUT2D eigenvalue weighted by molar-refractivity contribution is -0.160. The van der Waals surface area contributed by atoms with Crippen LogP contribution in [0.4, 0.5) is 0 Å². The van der Waals surface area contributed by atoms with E-state index in [1.807, 2.05) is 26.0 Å². The van der Waals surface area contributed by atoms with Gasteiger partial charge in [-0.3, -0.25) is 20.3 Å². The van der Waals surface area contributed by atoms with E-state index in [0.717, 1.165) is 5.56 Å². The van der Waals surface area contributed by atoms with E-state index in [4.69, 9.17) is 4.74 Å². The second kappa shape index (κ2) is 7.24. The van der Waals surface area contributed by atoms with E-state index in [0.29, 0.717) is 29.1 Å². The Balaban J connectivity index is 1.85. The van der Waals surface area contributed by atoms with Crippen LogP contribution in [0.1, 0.15) is 42.1 Å². The molecule has 1 aliphatic heterocycles. The van der Waals surface area contributed by atoms with Crippen molar-refractivity contribution in [3.05, 3.63) is 83.7 Å². The summed E-state index contributed by atoms with van der Waals surface area (Å²) in [6.07, 6.45) is 8.25. The molecular weight excluding hydrogens is 366 g/mol. The van der Waals surface area contributed by atoms with E-state index in [9.17, 15) is 10.4 Å². The number of nitriles is 1. The SMILES string of the molecule is CC1(C)Oc2ccc(C#N)cc2[C@H](c2cnccn2)[C@]1(O)NCc1cccnc1. The maximum Gasteiger partial charge on any atom is 0.168 e. The van der Waals surface area contributed by atoms with Crippen molar-refractivity contribution in [1.29, 1.82) is 5.26 Å². The highest BCUT2D eigenvalue weighted by Crippen LogP contribution is 2.49. The van der Waals surface area contributed by atoms with E-state index in [1.54, 1.807) is 49.2 Å². The highest BCUT2D eigenvalue weighted by molar-refractivity contribution is 5.50. The van der Waals surface area contributed by atoms with Crippen LogP contribution in [0.5, 0.6) is 5.75 Å². The molecule has 7 nitrogen and oxygen atoms in total. The predicted molar refractivity (Wildman–Crippen MR) is 106 cm³/mol. The van der Waals surface area contributed by atoms with Crippen LogP contribution in [-0.2, 0) is 6.54 Å². The van der Waals surface area contributed by atoms with Gasteiger partial charge in [0.25, 0.3) is 0 Å². The van der Waals surface area contributed by atoms with E-state index in [1.165, 1.54) is 0 Å². The average molecular weight is 387 g/mol. The fourth-order valence-corrected chi connectivity index (χ4v) is 3.75. The van der Waals surface area contributed by atoms with Gasteiger partial charge in [0, 0.05) is 43.1 Å². The molecule has 29 heavy (non-hydrogen) atoms. The van der Waals surface area contributed by atoms with Gasteiger partial charge >= 0.3 is 0 Å². The van der Waals surface area contributed by atoms with Gasteiger partial charge in [0.1, 0.15) is 11.4 Å². The van der Waals surface area contributed by atoms with Gasteiger partial charge in [0.15, 0.2) is 5.72 Å². The van der Waals surface area contributed by atoms with Gasteiger partial charge in [-0.2, -0.15) is 5.26 Å². The van der Waals surface area contributed by atoms with Crippen LogP contribution in [0.2, 0.25) is 0 Å². The highest BCUT2D eigenvalue weighted by Gasteiger charge is 2.56. The fraction of sp³-hybridized carbons (Fsp3) is 0.273. The molecule has 2 N–H and O–H groups in total. The molecule has 7 heteroatoms. The quantitative estimate of drug-likeness (QED) is 0.663. The summed E-state index contributed by atoms with van der Waals surface area (Å²) in [5.41, 5.74) is 0.145. The second-order valence-corrected chi connectivity index (χ2v) is 7.52. The molecule has 0 spiro atoms. The summed E-state index contributed by atoms with van der Waals surface area (Å²) in [5, 5.41) is 24.6. The number of aliphatic hydroxyl groups is 1. The first kappa shape index (κ1) is 19.0. The van der Waals surface area contributed by atoms with Gasteiger partial charge in [-0.1, -0.05) is 6.07 Å². The minimum absolute atomic E-state index is 0.376. The lowest BCUT2D eigenvalue weighted by Gasteiger charge is -2.51. The summed E-state index contributed by atoms with van der Waals surface area (Å²) < 4.78 is 6.19. The van der Waals surface area contributed by atoms with Crippen molar-refractivity contribution in [2.75, 3.05) is 0 Å². The van der Waals surface area contributed by atoms with Gasteiger partial charge in [-0.15, -0.1) is 0 Å². The number of pyridine rings is 1. The molecule has 0 amide bonds. The lowest BCUT2D eigenvalue weighted by Crippen LogP contribution is -2.68. The zero-order valence-electron chi connectivity index (χ0n) is 16.2. The molecule has 0 saturated carbocycles. The minimum atomic E-state index is -1.53. The molecule has 0 bridgehead atoms. The summed E-state index contributed by atoms with van der Waals surface area (Å²) in [6, 6.07) is 11.1. The number of hydrogen-bond donors (Lipinski definition) is 2. The number of fused-ring (bicyclic) bond motifs is 1. The van der Waals surface area contributed by atoms with Gasteiger partial charge in [0.05, 0.1) is 23.2 Å². The standard InChI is InChI=1S/C22H21N5O2/c1-21(2)22(28,27-13-16-4-3-7-24-12-16)20(18-14-25-8-9-26-18)17-10-15(11-23)5-6-19(17)29-21/h3-10,12,14,20,27-28H,13H2,1-2H3/t20-,22-/m1/s1. The smallest absolute Gasteiger partial charge is 0.168 e. The van der Waals surface area contributed by atoms with Gasteiger partial charge in [0.2, 0.25) is 0 Å². The van der Waals surface area contributed by atoms with Crippen molar-refractivity contribution >= 4 is 0 Å². The Labute approximate surface area is 169 Å². The Morgan fingerprint density at radius 1 is 1.17 bits per heavy atom. The van der Waals surface area contributed by atoms with Crippen LogP contribution in [0.3, 0.4) is 0 Å². The Bertz CT molecular complexity index is 1050. The molecule has 146 valence electrons. The zero-order valence-corrected chi connectivity index (χ0v) is 16.2. The molecule has 0 aliphatic carbocycles. The van der Waals surface area contributed by atoms with E-state index in [-0.39, 0.29) is 0 Å². The average Bonchev–Trinajstić information content (AvgIpc) is 2.74. The third-order valence-electron chi connectivity index (χ3n) is 5.31. The number of rotatable bonds is 4. The first-order valence-corrected chi connectivity index (χ1v) is 9.30. The fourth-order valence-electron chi connectivity index (χ4n) is 3.75. The molecule has 2 atom stereocenters. The Kier molecular flexibility index (Phi) is 4.74. The Morgan fingerprint density at radius 2 is 2.00 bits per heavy atom. The Hall–Kier alpha value is -3.34. The summed E-state index contributed by atoms with van der Waals surface area (Å²) in [6.45, 7) is 4.03. The number of ether oxygens (including phenoxy) is 1. The monoisotopic (exact) mass is 387 g/mol. The number of nitrogens with one attached hydrogen (secondary N) is 1. The maximum absolute atomic E-state index is 12.0. The number of aromatic nitrogens is 3. The normalized spacial score (nSPS) is 22.2. The number of nitrogens with zero attached hydrogens (tertiary/aromatic N) is 4. The van der Waals surface area contributed by atoms with Crippen LogP contribution < -0.4 is 10.1 Å². The van der Waals surface area contributed by atoms with Gasteiger partial charge < -0.3 is 9.84 Å². The molecule has 2 aromatic heterocycles. The van der Waals surface area contributed by atoms with Crippen molar-refractivity contribution in [1.82, 2.24) is 20.3 Å². The summed E-state index contributed by atoms with van der Waals surface area (Å²) in [7, 11) is 0. The molecule has 3 aromatic rings. The molecule has 0 radical (unpaired) electrons. The second-order valence-electron chi connectivity index (χ2n) is 7.52. The zero-order chi connectivity index (χ0) is 20.5. The maximum atomic E-state index is 12.0. The van der Waals surface area contributed by atoms with Crippen molar-refractivity contribution < 1.29 is 9.84 Å². The molecule has 1 aliphatic rings. The first-order valence-electron chi connectivity index (χ1n) is 9.30. The highest BCUT2D eigenvalue weighted by atomic mass is 16.5. The van der Waals surface area contributed by atoms with Crippen molar-refractivity contribution in [2.45, 2.75) is 37.6 Å². The van der Waals surface area contributed by atoms with E-state index in [2.05, 4.69) is 26.3 Å². The topological polar surface area (TPSA) is 104 Å². The van der Waals surface area contributed by atoms with Crippen molar-refractivity contribution in [3.63, 3.8) is 0 Å². The first-order chi connectivity index (χ1) is 13.9. The molecule has 0 saturated heterocycles. The van der Waals surface area contributed by atoms with Crippen LogP contribution in [0.15, 0.2) is 61.3 Å². The Morgan fingerprint density at radius 3 is 2.69 bits per heavy atom. The van der Waals surface area contributed by atoms with E-state index < -0.39 is 17.2 Å². The van der Waals surface area contributed by atoms with Gasteiger partial charge in [-0.05, 0) is 43.7 Å². The van der Waals surface area contributed by atoms with Crippen molar-refractivity contribution in [3.8, 4) is 11.8 Å². The molecule has 0 unspecified atom stereocenters. The van der Waals surface area contributed by atoms with Crippen LogP contribution in [-0.4, -0.2) is 31.4 Å². The van der Waals surface area contributed by atoms with Crippen LogP contribution in [0, 0.1) is 11.3 Å². The minimum Gasteiger partial charge on any atom is -0.483 e. The molecule has 1 aromatic carbocycles. The van der Waals surface area contributed by atoms with Crippen LogP contribution in [0.25, 0.3) is 0 Å². The molecule has 4 rings (SSSR count). The van der Waals surface area contributed by atoms with Crippen LogP contribution >= 0.6 is 0 Å². The third kappa shape index (κ3) is 3.33. The third-order valence-corrected chi connectivity index (χ3v) is 5.31. The predicted octanol–water partition coefficient (Wildman–Crippen LogP) is 2.52. The van der Waals surface area contributed by atoms with E-state index >= 15 is 0 Å². The van der Waals surface area contributed by atoms with Gasteiger partial charge in [-0.25, -0.2) is 0 Å². The summed E-state index contributed by atoms with van der Waals surface area (Å²) in [4.78, 5) is 12.8. The molecule has 0 fully saturated rings. The summed E-state index contributed by atoms with van der Waals surface area (Å²) >= 11 is 0. The lowest BCUT2D eigenvalue weighted by atomic mass is 9.73. The number of benzene rings is 1. The molecular formula is C22H21N5O2. The molecule has 3 heterocycles. The number of hydrogen-bond acceptors (Lipinski definition) is 7. The largest absolute Gasteiger partial charge is 0.483 e. The summed E-state index contributed by atoms with van der Waals surface area (Å²) in [5.74, 6) is 0.0115. The van der Waals surface area contributed by atoms with Crippen molar-refractivity contribution in [2.24, 2.45) is 0 Å².